The standard InChI is InChI=1S/C15H18ClN3/c1-15(2,3)11-6-4-5-7-12(11)19-13(10-8-9-10)17-18-14(19)16/h4-7,10H,8-9H2,1-3H3. The van der Waals surface area contributed by atoms with E-state index >= 15 is 0 Å². The summed E-state index contributed by atoms with van der Waals surface area (Å²) in [7, 11) is 0. The fourth-order valence-electron chi connectivity index (χ4n) is 2.41. The first-order valence-corrected chi connectivity index (χ1v) is 7.07. The van der Waals surface area contributed by atoms with Crippen molar-refractivity contribution in [2.24, 2.45) is 0 Å². The van der Waals surface area contributed by atoms with Gasteiger partial charge in [0, 0.05) is 5.92 Å². The van der Waals surface area contributed by atoms with Crippen LogP contribution in [0.3, 0.4) is 0 Å². The summed E-state index contributed by atoms with van der Waals surface area (Å²) in [6.45, 7) is 6.63. The fraction of sp³-hybridized carbons (Fsp3) is 0.467. The minimum absolute atomic E-state index is 0.0605. The van der Waals surface area contributed by atoms with Gasteiger partial charge >= 0.3 is 0 Å². The van der Waals surface area contributed by atoms with Crippen molar-refractivity contribution in [3.05, 3.63) is 40.9 Å². The molecule has 0 bridgehead atoms. The summed E-state index contributed by atoms with van der Waals surface area (Å²) in [5.41, 5.74) is 2.43. The van der Waals surface area contributed by atoms with Crippen LogP contribution in [0.5, 0.6) is 0 Å². The van der Waals surface area contributed by atoms with Crippen molar-refractivity contribution in [2.45, 2.75) is 44.9 Å². The van der Waals surface area contributed by atoms with Gasteiger partial charge in [0.05, 0.1) is 5.69 Å². The molecule has 0 atom stereocenters. The molecule has 0 N–H and O–H groups in total. The first-order valence-electron chi connectivity index (χ1n) is 6.69. The minimum Gasteiger partial charge on any atom is -0.269 e. The number of para-hydroxylation sites is 1. The molecule has 1 heterocycles. The summed E-state index contributed by atoms with van der Waals surface area (Å²) in [5, 5.41) is 8.77. The van der Waals surface area contributed by atoms with E-state index in [0.717, 1.165) is 11.5 Å². The average molecular weight is 276 g/mol. The summed E-state index contributed by atoms with van der Waals surface area (Å²) in [4.78, 5) is 0. The quantitative estimate of drug-likeness (QED) is 0.826. The Morgan fingerprint density at radius 2 is 1.84 bits per heavy atom. The second kappa shape index (κ2) is 4.34. The van der Waals surface area contributed by atoms with Gasteiger partial charge in [0.15, 0.2) is 0 Å². The number of hydrogen-bond acceptors (Lipinski definition) is 2. The van der Waals surface area contributed by atoms with Crippen molar-refractivity contribution in [1.29, 1.82) is 0 Å². The van der Waals surface area contributed by atoms with Crippen molar-refractivity contribution < 1.29 is 0 Å². The second-order valence-electron chi connectivity index (χ2n) is 6.20. The lowest BCUT2D eigenvalue weighted by Crippen LogP contribution is -2.16. The summed E-state index contributed by atoms with van der Waals surface area (Å²) < 4.78 is 2.01. The third-order valence-electron chi connectivity index (χ3n) is 3.54. The van der Waals surface area contributed by atoms with Crippen LogP contribution >= 0.6 is 11.6 Å². The smallest absolute Gasteiger partial charge is 0.229 e. The molecule has 2 aromatic rings. The molecule has 1 aromatic carbocycles. The molecule has 1 fully saturated rings. The van der Waals surface area contributed by atoms with Gasteiger partial charge < -0.3 is 0 Å². The molecule has 19 heavy (non-hydrogen) atoms. The Morgan fingerprint density at radius 1 is 1.16 bits per heavy atom. The number of halogens is 1. The number of hydrogen-bond donors (Lipinski definition) is 0. The van der Waals surface area contributed by atoms with Crippen LogP contribution < -0.4 is 0 Å². The van der Waals surface area contributed by atoms with Gasteiger partial charge in [0.1, 0.15) is 5.82 Å². The van der Waals surface area contributed by atoms with Crippen LogP contribution in [0.2, 0.25) is 5.28 Å². The molecule has 1 aromatic heterocycles. The zero-order valence-electron chi connectivity index (χ0n) is 11.5. The number of rotatable bonds is 2. The lowest BCUT2D eigenvalue weighted by atomic mass is 9.85. The second-order valence-corrected chi connectivity index (χ2v) is 6.54. The van der Waals surface area contributed by atoms with Crippen LogP contribution in [0, 0.1) is 0 Å². The van der Waals surface area contributed by atoms with E-state index in [2.05, 4.69) is 49.2 Å². The number of aromatic nitrogens is 3. The zero-order chi connectivity index (χ0) is 13.6. The largest absolute Gasteiger partial charge is 0.269 e. The molecule has 0 radical (unpaired) electrons. The van der Waals surface area contributed by atoms with Crippen LogP contribution in [0.1, 0.15) is 50.9 Å². The first kappa shape index (κ1) is 12.7. The molecule has 0 saturated heterocycles. The van der Waals surface area contributed by atoms with E-state index < -0.39 is 0 Å². The van der Waals surface area contributed by atoms with Crippen molar-refractivity contribution in [1.82, 2.24) is 14.8 Å². The normalized spacial score (nSPS) is 15.8. The molecule has 100 valence electrons. The molecule has 0 aliphatic heterocycles. The highest BCUT2D eigenvalue weighted by Crippen LogP contribution is 2.41. The topological polar surface area (TPSA) is 30.7 Å². The minimum atomic E-state index is 0.0605. The van der Waals surface area contributed by atoms with Crippen LogP contribution in [-0.2, 0) is 5.41 Å². The lowest BCUT2D eigenvalue weighted by Gasteiger charge is -2.23. The molecule has 0 spiro atoms. The van der Waals surface area contributed by atoms with Crippen molar-refractivity contribution >= 4 is 11.6 Å². The van der Waals surface area contributed by atoms with Gasteiger partial charge in [-0.05, 0) is 41.5 Å². The Bertz CT molecular complexity index is 606. The monoisotopic (exact) mass is 275 g/mol. The maximum absolute atomic E-state index is 6.26. The van der Waals surface area contributed by atoms with Gasteiger partial charge in [0.25, 0.3) is 0 Å². The Hall–Kier alpha value is -1.35. The van der Waals surface area contributed by atoms with Gasteiger partial charge in [-0.15, -0.1) is 10.2 Å². The van der Waals surface area contributed by atoms with Gasteiger partial charge in [-0.3, -0.25) is 4.57 Å². The Labute approximate surface area is 118 Å². The molecule has 0 unspecified atom stereocenters. The molecule has 1 aliphatic carbocycles. The van der Waals surface area contributed by atoms with E-state index in [1.165, 1.54) is 18.4 Å². The van der Waals surface area contributed by atoms with E-state index in [1.54, 1.807) is 0 Å². The van der Waals surface area contributed by atoms with Crippen molar-refractivity contribution in [3.8, 4) is 5.69 Å². The lowest BCUT2D eigenvalue weighted by molar-refractivity contribution is 0.585. The summed E-state index contributed by atoms with van der Waals surface area (Å²) in [6, 6.07) is 8.36. The van der Waals surface area contributed by atoms with E-state index in [4.69, 9.17) is 11.6 Å². The predicted molar refractivity (Wildman–Crippen MR) is 77.0 cm³/mol. The maximum atomic E-state index is 6.26. The van der Waals surface area contributed by atoms with Crippen LogP contribution in [-0.4, -0.2) is 14.8 Å². The van der Waals surface area contributed by atoms with E-state index in [1.807, 2.05) is 10.6 Å². The highest BCUT2D eigenvalue weighted by molar-refractivity contribution is 6.28. The Kier molecular flexibility index (Phi) is 2.90. The Balaban J connectivity index is 2.20. The van der Waals surface area contributed by atoms with Gasteiger partial charge in [-0.25, -0.2) is 0 Å². The fourth-order valence-corrected chi connectivity index (χ4v) is 2.62. The molecule has 1 saturated carbocycles. The molecular weight excluding hydrogens is 258 g/mol. The van der Waals surface area contributed by atoms with Gasteiger partial charge in [-0.2, -0.15) is 0 Å². The number of nitrogens with zero attached hydrogens (tertiary/aromatic N) is 3. The average Bonchev–Trinajstić information content (AvgIpc) is 3.12. The van der Waals surface area contributed by atoms with E-state index in [-0.39, 0.29) is 5.41 Å². The van der Waals surface area contributed by atoms with E-state index in [0.29, 0.717) is 11.2 Å². The molecule has 1 aliphatic rings. The van der Waals surface area contributed by atoms with Crippen molar-refractivity contribution in [2.75, 3.05) is 0 Å². The SMILES string of the molecule is CC(C)(C)c1ccccc1-n1c(Cl)nnc1C1CC1. The van der Waals surface area contributed by atoms with Crippen molar-refractivity contribution in [3.63, 3.8) is 0 Å². The molecule has 3 rings (SSSR count). The van der Waals surface area contributed by atoms with Crippen LogP contribution in [0.25, 0.3) is 5.69 Å². The van der Waals surface area contributed by atoms with E-state index in [9.17, 15) is 0 Å². The zero-order valence-corrected chi connectivity index (χ0v) is 12.3. The highest BCUT2D eigenvalue weighted by atomic mass is 35.5. The number of benzene rings is 1. The summed E-state index contributed by atoms with van der Waals surface area (Å²) in [6.07, 6.45) is 2.37. The van der Waals surface area contributed by atoms with Crippen LogP contribution in [0.15, 0.2) is 24.3 Å². The molecule has 4 heteroatoms. The van der Waals surface area contributed by atoms with Gasteiger partial charge in [-0.1, -0.05) is 39.0 Å². The third-order valence-corrected chi connectivity index (χ3v) is 3.79. The van der Waals surface area contributed by atoms with Gasteiger partial charge in [0.2, 0.25) is 5.28 Å². The molecule has 0 amide bonds. The first-order chi connectivity index (χ1) is 8.98. The Morgan fingerprint density at radius 3 is 2.47 bits per heavy atom. The summed E-state index contributed by atoms with van der Waals surface area (Å²) >= 11 is 6.26. The third kappa shape index (κ3) is 2.27. The molecular formula is C15H18ClN3. The summed E-state index contributed by atoms with van der Waals surface area (Å²) in [5.74, 6) is 1.52. The highest BCUT2D eigenvalue weighted by Gasteiger charge is 2.32. The van der Waals surface area contributed by atoms with Crippen LogP contribution in [0.4, 0.5) is 0 Å². The predicted octanol–water partition coefficient (Wildman–Crippen LogP) is 4.10. The molecule has 3 nitrogen and oxygen atoms in total. The maximum Gasteiger partial charge on any atom is 0.229 e.